The van der Waals surface area contributed by atoms with Crippen molar-refractivity contribution in [1.29, 1.82) is 0 Å². The van der Waals surface area contributed by atoms with E-state index >= 15 is 0 Å². The maximum absolute atomic E-state index is 12.9. The Morgan fingerprint density at radius 1 is 1.09 bits per heavy atom. The van der Waals surface area contributed by atoms with E-state index in [1.807, 2.05) is 25.3 Å². The average molecular weight is 456 g/mol. The molecule has 4 rings (SSSR count). The number of piperidine rings is 1. The van der Waals surface area contributed by atoms with Gasteiger partial charge >= 0.3 is 0 Å². The zero-order valence-corrected chi connectivity index (χ0v) is 18.7. The van der Waals surface area contributed by atoms with Crippen LogP contribution in [0.4, 0.5) is 5.69 Å². The molecule has 32 heavy (non-hydrogen) atoms. The zero-order valence-electron chi connectivity index (χ0n) is 17.9. The number of nitrogens with one attached hydrogen (secondary N) is 2. The molecule has 9 nitrogen and oxygen atoms in total. The van der Waals surface area contributed by atoms with Crippen LogP contribution in [0.3, 0.4) is 0 Å². The van der Waals surface area contributed by atoms with Crippen molar-refractivity contribution in [2.75, 3.05) is 18.4 Å². The largest absolute Gasteiger partial charge is 0.348 e. The zero-order chi connectivity index (χ0) is 22.9. The van der Waals surface area contributed by atoms with Crippen LogP contribution in [-0.4, -0.2) is 53.1 Å². The Hall–Kier alpha value is -3.24. The number of sulfonamides is 1. The second-order valence-electron chi connectivity index (χ2n) is 7.95. The molecule has 10 heteroatoms. The number of pyridine rings is 1. The molecule has 1 aliphatic heterocycles. The standard InChI is InChI=1S/C22H25N5O4S/c1-15-7-10-26-14-20(25-21(26)13-15)22(29)24-18-8-11-27(12-9-18)32(30,31)19-5-3-17(4-6-19)23-16(2)28/h3-7,10,13-14,18H,8-9,11-12H2,1-2H3,(H,23,28)(H,24,29). The van der Waals surface area contributed by atoms with Crippen LogP contribution >= 0.6 is 0 Å². The lowest BCUT2D eigenvalue weighted by atomic mass is 10.1. The van der Waals surface area contributed by atoms with Gasteiger partial charge in [0.25, 0.3) is 5.91 Å². The molecule has 1 aliphatic rings. The molecule has 2 aromatic heterocycles. The van der Waals surface area contributed by atoms with Gasteiger partial charge < -0.3 is 15.0 Å². The Morgan fingerprint density at radius 3 is 2.44 bits per heavy atom. The van der Waals surface area contributed by atoms with E-state index in [1.165, 1.54) is 23.4 Å². The molecule has 168 valence electrons. The SMILES string of the molecule is CC(=O)Nc1ccc(S(=O)(=O)N2CCC(NC(=O)c3cn4ccc(C)cc4n3)CC2)cc1. The molecule has 1 fully saturated rings. The quantitative estimate of drug-likeness (QED) is 0.612. The smallest absolute Gasteiger partial charge is 0.271 e. The minimum absolute atomic E-state index is 0.123. The average Bonchev–Trinajstić information content (AvgIpc) is 3.17. The molecule has 0 aliphatic carbocycles. The fourth-order valence-electron chi connectivity index (χ4n) is 3.76. The van der Waals surface area contributed by atoms with Crippen LogP contribution in [0.1, 0.15) is 35.8 Å². The van der Waals surface area contributed by atoms with Gasteiger partial charge in [0.1, 0.15) is 11.3 Å². The second-order valence-corrected chi connectivity index (χ2v) is 9.89. The summed E-state index contributed by atoms with van der Waals surface area (Å²) < 4.78 is 29.1. The predicted molar refractivity (Wildman–Crippen MR) is 120 cm³/mol. The summed E-state index contributed by atoms with van der Waals surface area (Å²) in [4.78, 5) is 28.3. The molecule has 0 radical (unpaired) electrons. The molecule has 0 atom stereocenters. The minimum atomic E-state index is -3.64. The lowest BCUT2D eigenvalue weighted by molar-refractivity contribution is -0.114. The number of benzene rings is 1. The number of hydrogen-bond acceptors (Lipinski definition) is 5. The molecule has 1 aromatic carbocycles. The third-order valence-electron chi connectivity index (χ3n) is 5.45. The fraction of sp³-hybridized carbons (Fsp3) is 0.318. The summed E-state index contributed by atoms with van der Waals surface area (Å²) in [5.74, 6) is -0.482. The van der Waals surface area contributed by atoms with Crippen molar-refractivity contribution in [2.24, 2.45) is 0 Å². The summed E-state index contributed by atoms with van der Waals surface area (Å²) in [6.45, 7) is 3.98. The van der Waals surface area contributed by atoms with Crippen molar-refractivity contribution in [1.82, 2.24) is 19.0 Å². The molecule has 0 unspecified atom stereocenters. The first kappa shape index (κ1) is 22.0. The summed E-state index contributed by atoms with van der Waals surface area (Å²) in [5, 5.41) is 5.59. The molecule has 2 N–H and O–H groups in total. The Morgan fingerprint density at radius 2 is 1.78 bits per heavy atom. The molecule has 3 aromatic rings. The van der Waals surface area contributed by atoms with E-state index in [9.17, 15) is 18.0 Å². The van der Waals surface area contributed by atoms with Gasteiger partial charge in [0.05, 0.1) is 4.90 Å². The summed E-state index contributed by atoms with van der Waals surface area (Å²) >= 11 is 0. The second kappa shape index (κ2) is 8.71. The molecule has 3 heterocycles. The number of rotatable bonds is 5. The summed E-state index contributed by atoms with van der Waals surface area (Å²) in [7, 11) is -3.64. The van der Waals surface area contributed by atoms with Crippen molar-refractivity contribution in [2.45, 2.75) is 37.6 Å². The van der Waals surface area contributed by atoms with Gasteiger partial charge in [-0.25, -0.2) is 13.4 Å². The highest BCUT2D eigenvalue weighted by molar-refractivity contribution is 7.89. The molecule has 2 amide bonds. The molecule has 0 spiro atoms. The first-order chi connectivity index (χ1) is 15.2. The Labute approximate surface area is 186 Å². The van der Waals surface area contributed by atoms with Crippen LogP contribution in [0, 0.1) is 6.92 Å². The number of carbonyl (C=O) groups is 2. The van der Waals surface area contributed by atoms with E-state index < -0.39 is 10.0 Å². The molecule has 1 saturated heterocycles. The highest BCUT2D eigenvalue weighted by Crippen LogP contribution is 2.22. The molecular formula is C22H25N5O4S. The van der Waals surface area contributed by atoms with Crippen LogP contribution in [0.25, 0.3) is 5.65 Å². The topological polar surface area (TPSA) is 113 Å². The highest BCUT2D eigenvalue weighted by atomic mass is 32.2. The maximum atomic E-state index is 12.9. The number of nitrogens with zero attached hydrogens (tertiary/aromatic N) is 3. The normalized spacial score (nSPS) is 15.6. The lowest BCUT2D eigenvalue weighted by Gasteiger charge is -2.31. The molecule has 0 saturated carbocycles. The lowest BCUT2D eigenvalue weighted by Crippen LogP contribution is -2.46. The van der Waals surface area contributed by atoms with E-state index in [-0.39, 0.29) is 22.8 Å². The number of aryl methyl sites for hydroxylation is 1. The Balaban J connectivity index is 1.36. The van der Waals surface area contributed by atoms with Gasteiger partial charge in [-0.05, 0) is 61.7 Å². The van der Waals surface area contributed by atoms with Crippen molar-refractivity contribution in [3.63, 3.8) is 0 Å². The van der Waals surface area contributed by atoms with Gasteiger partial charge in [-0.15, -0.1) is 0 Å². The highest BCUT2D eigenvalue weighted by Gasteiger charge is 2.30. The van der Waals surface area contributed by atoms with Crippen LogP contribution in [0.2, 0.25) is 0 Å². The van der Waals surface area contributed by atoms with Crippen LogP contribution in [-0.2, 0) is 14.8 Å². The van der Waals surface area contributed by atoms with Gasteiger partial charge in [0.15, 0.2) is 0 Å². The predicted octanol–water partition coefficient (Wildman–Crippen LogP) is 2.18. The van der Waals surface area contributed by atoms with Gasteiger partial charge in [-0.1, -0.05) is 0 Å². The van der Waals surface area contributed by atoms with Gasteiger partial charge in [-0.3, -0.25) is 9.59 Å². The monoisotopic (exact) mass is 455 g/mol. The van der Waals surface area contributed by atoms with Crippen LogP contribution < -0.4 is 10.6 Å². The van der Waals surface area contributed by atoms with E-state index in [4.69, 9.17) is 0 Å². The number of anilines is 1. The van der Waals surface area contributed by atoms with Crippen molar-refractivity contribution < 1.29 is 18.0 Å². The summed E-state index contributed by atoms with van der Waals surface area (Å²) in [6, 6.07) is 9.83. The van der Waals surface area contributed by atoms with Crippen molar-refractivity contribution >= 4 is 33.2 Å². The fourth-order valence-corrected chi connectivity index (χ4v) is 5.23. The number of carbonyl (C=O) groups excluding carboxylic acids is 2. The molecular weight excluding hydrogens is 430 g/mol. The van der Waals surface area contributed by atoms with E-state index in [1.54, 1.807) is 22.7 Å². The number of hydrogen-bond donors (Lipinski definition) is 2. The van der Waals surface area contributed by atoms with E-state index in [0.717, 1.165) is 5.56 Å². The van der Waals surface area contributed by atoms with Gasteiger partial charge in [-0.2, -0.15) is 4.31 Å². The third kappa shape index (κ3) is 4.66. The van der Waals surface area contributed by atoms with Gasteiger partial charge in [0.2, 0.25) is 15.9 Å². The third-order valence-corrected chi connectivity index (χ3v) is 7.36. The Bertz CT molecular complexity index is 1260. The van der Waals surface area contributed by atoms with Crippen LogP contribution in [0.15, 0.2) is 53.7 Å². The summed E-state index contributed by atoms with van der Waals surface area (Å²) in [5.41, 5.74) is 2.65. The number of fused-ring (bicyclic) bond motifs is 1. The van der Waals surface area contributed by atoms with Crippen molar-refractivity contribution in [3.05, 3.63) is 60.0 Å². The summed E-state index contributed by atoms with van der Waals surface area (Å²) in [6.07, 6.45) is 4.58. The van der Waals surface area contributed by atoms with Crippen molar-refractivity contribution in [3.8, 4) is 0 Å². The van der Waals surface area contributed by atoms with E-state index in [0.29, 0.717) is 43.0 Å². The number of amides is 2. The first-order valence-corrected chi connectivity index (χ1v) is 11.8. The first-order valence-electron chi connectivity index (χ1n) is 10.4. The van der Waals surface area contributed by atoms with Crippen LogP contribution in [0.5, 0.6) is 0 Å². The maximum Gasteiger partial charge on any atom is 0.271 e. The Kier molecular flexibility index (Phi) is 5.98. The molecule has 0 bridgehead atoms. The number of imidazole rings is 1. The number of aromatic nitrogens is 2. The van der Waals surface area contributed by atoms with E-state index in [2.05, 4.69) is 15.6 Å². The van der Waals surface area contributed by atoms with Gasteiger partial charge in [0, 0.05) is 44.1 Å². The minimum Gasteiger partial charge on any atom is -0.348 e.